The average Bonchev–Trinajstić information content (AvgIpc) is 2.29. The molecule has 1 aromatic rings. The molecule has 17 heavy (non-hydrogen) atoms. The van der Waals surface area contributed by atoms with Gasteiger partial charge in [0.25, 0.3) is 5.91 Å². The van der Waals surface area contributed by atoms with Gasteiger partial charge < -0.3 is 5.32 Å². The minimum atomic E-state index is -1.26. The molecule has 94 valence electrons. The van der Waals surface area contributed by atoms with Gasteiger partial charge in [-0.15, -0.1) is 0 Å². The summed E-state index contributed by atoms with van der Waals surface area (Å²) in [7, 11) is 0. The van der Waals surface area contributed by atoms with Crippen molar-refractivity contribution in [2.75, 3.05) is 11.5 Å². The van der Waals surface area contributed by atoms with Gasteiger partial charge in [-0.1, -0.05) is 6.92 Å². The van der Waals surface area contributed by atoms with Crippen LogP contribution in [-0.4, -0.2) is 28.4 Å². The van der Waals surface area contributed by atoms with E-state index in [1.165, 1.54) is 0 Å². The molecule has 0 saturated heterocycles. The van der Waals surface area contributed by atoms with E-state index in [1.54, 1.807) is 11.8 Å². The summed E-state index contributed by atoms with van der Waals surface area (Å²) in [5, 5.41) is 2.60. The Balaban J connectivity index is 2.67. The van der Waals surface area contributed by atoms with Crippen molar-refractivity contribution in [1.29, 1.82) is 0 Å². The molecule has 0 saturated carbocycles. The van der Waals surface area contributed by atoms with Crippen LogP contribution in [0.2, 0.25) is 0 Å². The van der Waals surface area contributed by atoms with E-state index in [2.05, 4.69) is 10.3 Å². The van der Waals surface area contributed by atoms with Crippen LogP contribution in [0.5, 0.6) is 0 Å². The predicted octanol–water partition coefficient (Wildman–Crippen LogP) is 2.23. The average molecular weight is 260 g/mol. The molecule has 0 bridgehead atoms. The number of nitrogens with zero attached hydrogens (tertiary/aromatic N) is 1. The summed E-state index contributed by atoms with van der Waals surface area (Å²) in [6, 6.07) is 1.07. The topological polar surface area (TPSA) is 42.0 Å². The number of amides is 1. The van der Waals surface area contributed by atoms with Crippen LogP contribution in [0.4, 0.5) is 8.78 Å². The van der Waals surface area contributed by atoms with Gasteiger partial charge in [-0.05, 0) is 18.7 Å². The first-order chi connectivity index (χ1) is 8.06. The highest BCUT2D eigenvalue weighted by atomic mass is 32.2. The molecule has 1 N–H and O–H groups in total. The van der Waals surface area contributed by atoms with E-state index in [4.69, 9.17) is 0 Å². The molecule has 0 aromatic carbocycles. The van der Waals surface area contributed by atoms with Crippen LogP contribution >= 0.6 is 11.8 Å². The van der Waals surface area contributed by atoms with Crippen molar-refractivity contribution in [2.24, 2.45) is 0 Å². The maximum absolute atomic E-state index is 13.3. The molecule has 3 nitrogen and oxygen atoms in total. The second-order valence-corrected chi connectivity index (χ2v) is 4.82. The van der Waals surface area contributed by atoms with Crippen molar-refractivity contribution in [3.63, 3.8) is 0 Å². The Kier molecular flexibility index (Phi) is 5.34. The van der Waals surface area contributed by atoms with Gasteiger partial charge in [-0.3, -0.25) is 4.79 Å². The summed E-state index contributed by atoms with van der Waals surface area (Å²) < 4.78 is 26.1. The SMILES string of the molecule is CCSCC(C)NC(=O)c1ccnc(F)c1F. The zero-order chi connectivity index (χ0) is 12.8. The van der Waals surface area contributed by atoms with Crippen LogP contribution in [0.1, 0.15) is 24.2 Å². The number of hydrogen-bond acceptors (Lipinski definition) is 3. The lowest BCUT2D eigenvalue weighted by Gasteiger charge is -2.13. The van der Waals surface area contributed by atoms with E-state index in [0.717, 1.165) is 23.8 Å². The summed E-state index contributed by atoms with van der Waals surface area (Å²) in [4.78, 5) is 14.8. The fourth-order valence-corrected chi connectivity index (χ4v) is 1.90. The Labute approximate surface area is 103 Å². The largest absolute Gasteiger partial charge is 0.349 e. The molecule has 0 aliphatic heterocycles. The first-order valence-electron chi connectivity index (χ1n) is 5.24. The molecule has 0 spiro atoms. The second-order valence-electron chi connectivity index (χ2n) is 3.50. The number of pyridine rings is 1. The lowest BCUT2D eigenvalue weighted by atomic mass is 10.2. The molecule has 1 unspecified atom stereocenters. The molecule has 0 radical (unpaired) electrons. The number of carbonyl (C=O) groups excluding carboxylic acids is 1. The van der Waals surface area contributed by atoms with E-state index in [9.17, 15) is 13.6 Å². The number of nitrogens with one attached hydrogen (secondary N) is 1. The van der Waals surface area contributed by atoms with E-state index >= 15 is 0 Å². The molecule has 1 amide bonds. The van der Waals surface area contributed by atoms with Crippen LogP contribution < -0.4 is 5.32 Å². The first-order valence-corrected chi connectivity index (χ1v) is 6.40. The molecule has 0 fully saturated rings. The molecule has 1 rings (SSSR count). The number of rotatable bonds is 5. The summed E-state index contributed by atoms with van der Waals surface area (Å²) >= 11 is 1.67. The van der Waals surface area contributed by atoms with Crippen molar-refractivity contribution in [2.45, 2.75) is 19.9 Å². The van der Waals surface area contributed by atoms with Crippen LogP contribution in [0.25, 0.3) is 0 Å². The third-order valence-corrected chi connectivity index (χ3v) is 3.18. The molecule has 6 heteroatoms. The van der Waals surface area contributed by atoms with Crippen molar-refractivity contribution in [3.05, 3.63) is 29.6 Å². The molecular weight excluding hydrogens is 246 g/mol. The maximum Gasteiger partial charge on any atom is 0.254 e. The Morgan fingerprint density at radius 3 is 2.94 bits per heavy atom. The standard InChI is InChI=1S/C11H14F2N2OS/c1-3-17-6-7(2)15-11(16)8-4-5-14-10(13)9(8)12/h4-5,7H,3,6H2,1-2H3,(H,15,16). The highest BCUT2D eigenvalue weighted by Crippen LogP contribution is 2.09. The quantitative estimate of drug-likeness (QED) is 0.825. The minimum Gasteiger partial charge on any atom is -0.349 e. The van der Waals surface area contributed by atoms with Crippen molar-refractivity contribution >= 4 is 17.7 Å². The molecule has 0 aliphatic rings. The van der Waals surface area contributed by atoms with Gasteiger partial charge in [-0.2, -0.15) is 16.2 Å². The molecule has 0 aliphatic carbocycles. The van der Waals surface area contributed by atoms with Gasteiger partial charge in [-0.25, -0.2) is 9.37 Å². The lowest BCUT2D eigenvalue weighted by molar-refractivity contribution is 0.0938. The van der Waals surface area contributed by atoms with Crippen LogP contribution in [0, 0.1) is 11.8 Å². The van der Waals surface area contributed by atoms with Gasteiger partial charge in [0.15, 0.2) is 5.82 Å². The molecular formula is C11H14F2N2OS. The Bertz CT molecular complexity index is 401. The van der Waals surface area contributed by atoms with Crippen LogP contribution in [0.3, 0.4) is 0 Å². The molecule has 1 heterocycles. The maximum atomic E-state index is 13.3. The summed E-state index contributed by atoms with van der Waals surface area (Å²) in [5.74, 6) is -1.41. The number of hydrogen-bond donors (Lipinski definition) is 1. The number of carbonyl (C=O) groups is 1. The van der Waals surface area contributed by atoms with Crippen LogP contribution in [0.15, 0.2) is 12.3 Å². The Morgan fingerprint density at radius 2 is 2.29 bits per heavy atom. The number of thioether (sulfide) groups is 1. The van der Waals surface area contributed by atoms with Crippen molar-refractivity contribution in [3.8, 4) is 0 Å². The van der Waals surface area contributed by atoms with E-state index in [0.29, 0.717) is 0 Å². The zero-order valence-corrected chi connectivity index (χ0v) is 10.5. The van der Waals surface area contributed by atoms with Crippen LogP contribution in [-0.2, 0) is 0 Å². The lowest BCUT2D eigenvalue weighted by Crippen LogP contribution is -2.35. The Hall–Kier alpha value is -1.17. The van der Waals surface area contributed by atoms with Gasteiger partial charge in [0.1, 0.15) is 0 Å². The highest BCUT2D eigenvalue weighted by Gasteiger charge is 2.17. The van der Waals surface area contributed by atoms with E-state index in [1.807, 2.05) is 13.8 Å². The smallest absolute Gasteiger partial charge is 0.254 e. The predicted molar refractivity (Wildman–Crippen MR) is 64.1 cm³/mol. The number of aromatic nitrogens is 1. The van der Waals surface area contributed by atoms with Gasteiger partial charge in [0.05, 0.1) is 5.56 Å². The fourth-order valence-electron chi connectivity index (χ4n) is 1.23. The zero-order valence-electron chi connectivity index (χ0n) is 9.67. The van der Waals surface area contributed by atoms with Gasteiger partial charge in [0, 0.05) is 18.0 Å². The van der Waals surface area contributed by atoms with Gasteiger partial charge >= 0.3 is 0 Å². The minimum absolute atomic E-state index is 0.0944. The third kappa shape index (κ3) is 3.96. The van der Waals surface area contributed by atoms with E-state index < -0.39 is 17.7 Å². The second kappa shape index (κ2) is 6.54. The monoisotopic (exact) mass is 260 g/mol. The Morgan fingerprint density at radius 1 is 1.59 bits per heavy atom. The first kappa shape index (κ1) is 13.9. The highest BCUT2D eigenvalue weighted by molar-refractivity contribution is 7.99. The van der Waals surface area contributed by atoms with E-state index in [-0.39, 0.29) is 11.6 Å². The normalized spacial score (nSPS) is 12.2. The number of halogens is 2. The third-order valence-electron chi connectivity index (χ3n) is 2.04. The summed E-state index contributed by atoms with van der Waals surface area (Å²) in [6.45, 7) is 3.83. The molecule has 1 aromatic heterocycles. The van der Waals surface area contributed by atoms with Crippen molar-refractivity contribution in [1.82, 2.24) is 10.3 Å². The van der Waals surface area contributed by atoms with Gasteiger partial charge in [0.2, 0.25) is 5.95 Å². The van der Waals surface area contributed by atoms with Crippen molar-refractivity contribution < 1.29 is 13.6 Å². The summed E-state index contributed by atoms with van der Waals surface area (Å²) in [6.07, 6.45) is 1.07. The summed E-state index contributed by atoms with van der Waals surface area (Å²) in [5.41, 5.74) is -0.314. The fraction of sp³-hybridized carbons (Fsp3) is 0.455. The molecule has 1 atom stereocenters.